The lowest BCUT2D eigenvalue weighted by Gasteiger charge is -2.24. The Bertz CT molecular complexity index is 234. The number of hydrogen-bond acceptors (Lipinski definition) is 3. The van der Waals surface area contributed by atoms with Gasteiger partial charge in [-0.2, -0.15) is 0 Å². The molecule has 0 aliphatic carbocycles. The van der Waals surface area contributed by atoms with Gasteiger partial charge in [0.15, 0.2) is 0 Å². The Kier molecular flexibility index (Phi) is 3.43. The van der Waals surface area contributed by atoms with E-state index in [0.29, 0.717) is 6.04 Å². The van der Waals surface area contributed by atoms with Crippen LogP contribution in [-0.2, 0) is 0 Å². The summed E-state index contributed by atoms with van der Waals surface area (Å²) >= 11 is 0. The lowest BCUT2D eigenvalue weighted by molar-refractivity contribution is 0.249. The zero-order chi connectivity index (χ0) is 10.7. The first-order chi connectivity index (χ1) is 7.35. The molecule has 2 heterocycles. The summed E-state index contributed by atoms with van der Waals surface area (Å²) in [7, 11) is 1.78. The molecule has 1 atom stereocenters. The first-order valence-corrected chi connectivity index (χ1v) is 5.77. The fraction of sp³-hybridized carbons (Fsp3) is 0.900. The number of guanidine groups is 1. The lowest BCUT2D eigenvalue weighted by atomic mass is 10.2. The van der Waals surface area contributed by atoms with Crippen LogP contribution in [-0.4, -0.2) is 55.0 Å². The van der Waals surface area contributed by atoms with E-state index in [1.54, 1.807) is 7.05 Å². The van der Waals surface area contributed by atoms with Crippen molar-refractivity contribution < 1.29 is 0 Å². The molecular weight excluding hydrogens is 190 g/mol. The van der Waals surface area contributed by atoms with Crippen LogP contribution in [0.1, 0.15) is 19.3 Å². The maximum absolute atomic E-state index is 5.43. The van der Waals surface area contributed by atoms with Crippen molar-refractivity contribution in [3.05, 3.63) is 0 Å². The van der Waals surface area contributed by atoms with E-state index in [4.69, 9.17) is 5.84 Å². The van der Waals surface area contributed by atoms with E-state index in [1.165, 1.54) is 32.4 Å². The number of nitrogens with one attached hydrogen (secondary N) is 1. The molecule has 0 spiro atoms. The predicted octanol–water partition coefficient (Wildman–Crippen LogP) is -0.394. The Morgan fingerprint density at radius 3 is 2.67 bits per heavy atom. The predicted molar refractivity (Wildman–Crippen MR) is 61.5 cm³/mol. The quantitative estimate of drug-likeness (QED) is 0.268. The second-order valence-electron chi connectivity index (χ2n) is 4.32. The molecule has 5 nitrogen and oxygen atoms in total. The van der Waals surface area contributed by atoms with Crippen LogP contribution in [0.5, 0.6) is 0 Å². The summed E-state index contributed by atoms with van der Waals surface area (Å²) in [5.74, 6) is 6.24. The van der Waals surface area contributed by atoms with Crippen LogP contribution in [0.2, 0.25) is 0 Å². The first kappa shape index (κ1) is 10.7. The molecular formula is C10H21N5. The lowest BCUT2D eigenvalue weighted by Crippen LogP contribution is -2.45. The average molecular weight is 211 g/mol. The number of hydrogen-bond donors (Lipinski definition) is 2. The summed E-state index contributed by atoms with van der Waals surface area (Å²) in [6.07, 6.45) is 3.96. The molecule has 0 aromatic carbocycles. The third-order valence-electron chi connectivity index (χ3n) is 3.46. The van der Waals surface area contributed by atoms with Crippen molar-refractivity contribution in [1.82, 2.24) is 15.2 Å². The van der Waals surface area contributed by atoms with Crippen LogP contribution in [0.3, 0.4) is 0 Å². The van der Waals surface area contributed by atoms with Gasteiger partial charge in [0, 0.05) is 26.2 Å². The van der Waals surface area contributed by atoms with Crippen molar-refractivity contribution in [2.45, 2.75) is 25.3 Å². The highest BCUT2D eigenvalue weighted by molar-refractivity contribution is 5.79. The number of rotatable bonds is 1. The summed E-state index contributed by atoms with van der Waals surface area (Å²) in [5, 5.41) is 0. The zero-order valence-electron chi connectivity index (χ0n) is 9.45. The minimum absolute atomic E-state index is 0.706. The number of aliphatic imine (C=N–C) groups is 1. The van der Waals surface area contributed by atoms with E-state index in [9.17, 15) is 0 Å². The first-order valence-electron chi connectivity index (χ1n) is 5.77. The van der Waals surface area contributed by atoms with Gasteiger partial charge in [0.05, 0.1) is 0 Å². The molecule has 0 aromatic rings. The van der Waals surface area contributed by atoms with E-state index in [-0.39, 0.29) is 0 Å². The number of nitrogens with two attached hydrogens (primary N) is 1. The van der Waals surface area contributed by atoms with Crippen LogP contribution < -0.4 is 11.3 Å². The molecule has 86 valence electrons. The topological polar surface area (TPSA) is 56.9 Å². The molecule has 2 aliphatic heterocycles. The molecule has 0 amide bonds. The summed E-state index contributed by atoms with van der Waals surface area (Å²) in [6, 6.07) is 0.706. The van der Waals surface area contributed by atoms with Crippen molar-refractivity contribution in [3.63, 3.8) is 0 Å². The molecule has 15 heavy (non-hydrogen) atoms. The van der Waals surface area contributed by atoms with Crippen LogP contribution >= 0.6 is 0 Å². The molecule has 5 heteroatoms. The smallest absolute Gasteiger partial charge is 0.208 e. The standard InChI is InChI=1S/C10H21N5/c1-12-10(13-11)15-7-4-9(8-15)14-5-2-3-6-14/h9H,2-8,11H2,1H3,(H,12,13). The summed E-state index contributed by atoms with van der Waals surface area (Å²) in [4.78, 5) is 8.98. The fourth-order valence-electron chi connectivity index (χ4n) is 2.64. The van der Waals surface area contributed by atoms with E-state index in [0.717, 1.165) is 19.0 Å². The van der Waals surface area contributed by atoms with Crippen molar-refractivity contribution in [2.75, 3.05) is 33.2 Å². The van der Waals surface area contributed by atoms with Crippen LogP contribution in [0.15, 0.2) is 4.99 Å². The molecule has 3 N–H and O–H groups in total. The third-order valence-corrected chi connectivity index (χ3v) is 3.46. The van der Waals surface area contributed by atoms with Crippen molar-refractivity contribution in [1.29, 1.82) is 0 Å². The van der Waals surface area contributed by atoms with Gasteiger partial charge < -0.3 is 4.90 Å². The zero-order valence-corrected chi connectivity index (χ0v) is 9.45. The van der Waals surface area contributed by atoms with E-state index in [1.807, 2.05) is 0 Å². The molecule has 2 fully saturated rings. The summed E-state index contributed by atoms with van der Waals surface area (Å²) in [6.45, 7) is 4.68. The largest absolute Gasteiger partial charge is 0.340 e. The molecule has 2 rings (SSSR count). The summed E-state index contributed by atoms with van der Waals surface area (Å²) < 4.78 is 0. The molecule has 2 saturated heterocycles. The van der Waals surface area contributed by atoms with E-state index in [2.05, 4.69) is 20.2 Å². The second kappa shape index (κ2) is 4.81. The molecule has 0 bridgehead atoms. The van der Waals surface area contributed by atoms with Crippen molar-refractivity contribution in [2.24, 2.45) is 10.8 Å². The second-order valence-corrected chi connectivity index (χ2v) is 4.32. The van der Waals surface area contributed by atoms with Gasteiger partial charge in [-0.15, -0.1) is 0 Å². The molecule has 0 saturated carbocycles. The van der Waals surface area contributed by atoms with Crippen molar-refractivity contribution >= 4 is 5.96 Å². The normalized spacial score (nSPS) is 28.8. The number of nitrogens with zero attached hydrogens (tertiary/aromatic N) is 3. The highest BCUT2D eigenvalue weighted by Crippen LogP contribution is 2.20. The fourth-order valence-corrected chi connectivity index (χ4v) is 2.64. The molecule has 0 radical (unpaired) electrons. The molecule has 0 aromatic heterocycles. The van der Waals surface area contributed by atoms with Gasteiger partial charge in [-0.05, 0) is 32.4 Å². The molecule has 2 aliphatic rings. The Labute approximate surface area is 91.3 Å². The Hall–Kier alpha value is -0.810. The third kappa shape index (κ3) is 2.23. The maximum Gasteiger partial charge on any atom is 0.208 e. The number of hydrazine groups is 1. The Balaban J connectivity index is 1.88. The van der Waals surface area contributed by atoms with Gasteiger partial charge in [0.1, 0.15) is 0 Å². The SMILES string of the molecule is CN=C(NN)N1CCC(N2CCCC2)C1. The van der Waals surface area contributed by atoms with Gasteiger partial charge in [-0.1, -0.05) is 0 Å². The van der Waals surface area contributed by atoms with Crippen LogP contribution in [0, 0.1) is 0 Å². The highest BCUT2D eigenvalue weighted by atomic mass is 15.4. The van der Waals surface area contributed by atoms with Crippen molar-refractivity contribution in [3.8, 4) is 0 Å². The Morgan fingerprint density at radius 1 is 1.33 bits per heavy atom. The van der Waals surface area contributed by atoms with Gasteiger partial charge >= 0.3 is 0 Å². The monoisotopic (exact) mass is 211 g/mol. The van der Waals surface area contributed by atoms with E-state index >= 15 is 0 Å². The average Bonchev–Trinajstić information content (AvgIpc) is 2.89. The highest BCUT2D eigenvalue weighted by Gasteiger charge is 2.30. The minimum atomic E-state index is 0.706. The van der Waals surface area contributed by atoms with E-state index < -0.39 is 0 Å². The van der Waals surface area contributed by atoms with Gasteiger partial charge in [-0.3, -0.25) is 15.3 Å². The van der Waals surface area contributed by atoms with Crippen LogP contribution in [0.25, 0.3) is 0 Å². The van der Waals surface area contributed by atoms with Gasteiger partial charge in [0.2, 0.25) is 5.96 Å². The van der Waals surface area contributed by atoms with Gasteiger partial charge in [0.25, 0.3) is 0 Å². The van der Waals surface area contributed by atoms with Gasteiger partial charge in [-0.25, -0.2) is 5.84 Å². The Morgan fingerprint density at radius 2 is 2.07 bits per heavy atom. The number of likely N-dealkylation sites (tertiary alicyclic amines) is 2. The molecule has 1 unspecified atom stereocenters. The minimum Gasteiger partial charge on any atom is -0.340 e. The maximum atomic E-state index is 5.43. The van der Waals surface area contributed by atoms with Crippen LogP contribution in [0.4, 0.5) is 0 Å². The summed E-state index contributed by atoms with van der Waals surface area (Å²) in [5.41, 5.74) is 2.66.